The number of amides is 1. The molecule has 1 aromatic rings. The molecule has 0 aliphatic rings. The highest BCUT2D eigenvalue weighted by molar-refractivity contribution is 8.00. The van der Waals surface area contributed by atoms with Crippen LogP contribution in [-0.2, 0) is 4.79 Å². The molecule has 94 valence electrons. The van der Waals surface area contributed by atoms with Crippen LogP contribution in [0.25, 0.3) is 0 Å². The first-order valence-corrected chi connectivity index (χ1v) is 6.35. The van der Waals surface area contributed by atoms with Gasteiger partial charge >= 0.3 is 5.97 Å². The molecule has 0 aromatic heterocycles. The summed E-state index contributed by atoms with van der Waals surface area (Å²) in [5.74, 6) is -1.24. The Morgan fingerprint density at radius 1 is 1.50 bits per heavy atom. The van der Waals surface area contributed by atoms with Crippen LogP contribution < -0.4 is 5.32 Å². The maximum Gasteiger partial charge on any atom is 0.337 e. The zero-order valence-corrected chi connectivity index (χ0v) is 10.7. The third kappa shape index (κ3) is 4.28. The summed E-state index contributed by atoms with van der Waals surface area (Å²) in [7, 11) is 0. The number of carboxylic acids is 1. The first kappa shape index (κ1) is 14.4. The van der Waals surface area contributed by atoms with Crippen molar-refractivity contribution in [2.75, 3.05) is 16.8 Å². The number of aromatic carboxylic acids is 1. The minimum Gasteiger partial charge on any atom is -0.478 e. The van der Waals surface area contributed by atoms with Gasteiger partial charge in [0.1, 0.15) is 0 Å². The summed E-state index contributed by atoms with van der Waals surface area (Å²) in [6.07, 6.45) is 0. The third-order valence-corrected chi connectivity index (χ3v) is 2.92. The van der Waals surface area contributed by atoms with E-state index in [1.54, 1.807) is 0 Å². The minimum atomic E-state index is -1.15. The summed E-state index contributed by atoms with van der Waals surface area (Å²) in [5, 5.41) is 20.1. The molecule has 0 heterocycles. The van der Waals surface area contributed by atoms with E-state index in [2.05, 4.69) is 5.32 Å². The Kier molecular flexibility index (Phi) is 5.49. The zero-order valence-electron chi connectivity index (χ0n) is 9.14. The molecule has 1 amide bonds. The van der Waals surface area contributed by atoms with Crippen molar-refractivity contribution in [1.29, 1.82) is 5.26 Å². The second-order valence-corrected chi connectivity index (χ2v) is 4.62. The number of halogens is 1. The summed E-state index contributed by atoms with van der Waals surface area (Å²) < 4.78 is 0. The fraction of sp³-hybridized carbons (Fsp3) is 0.182. The number of nitrogens with one attached hydrogen (secondary N) is 1. The van der Waals surface area contributed by atoms with Gasteiger partial charge in [0.2, 0.25) is 5.91 Å². The van der Waals surface area contributed by atoms with Gasteiger partial charge in [-0.15, -0.1) is 11.8 Å². The average molecular weight is 285 g/mol. The lowest BCUT2D eigenvalue weighted by atomic mass is 10.2. The van der Waals surface area contributed by atoms with E-state index in [9.17, 15) is 9.59 Å². The standard InChI is InChI=1S/C11H9ClN2O3S/c12-7-1-2-8(11(16)17)9(5-7)14-10(15)6-18-4-3-13/h1-2,5H,4,6H2,(H,14,15)(H,16,17). The number of thioether (sulfide) groups is 1. The van der Waals surface area contributed by atoms with Gasteiger partial charge in [-0.2, -0.15) is 5.26 Å². The Morgan fingerprint density at radius 3 is 2.83 bits per heavy atom. The smallest absolute Gasteiger partial charge is 0.337 e. The van der Waals surface area contributed by atoms with Crippen LogP contribution in [0.5, 0.6) is 0 Å². The Bertz CT molecular complexity index is 514. The number of hydrogen-bond acceptors (Lipinski definition) is 4. The first-order chi connectivity index (χ1) is 8.54. The first-order valence-electron chi connectivity index (χ1n) is 4.82. The molecule has 1 rings (SSSR count). The van der Waals surface area contributed by atoms with E-state index in [1.165, 1.54) is 18.2 Å². The lowest BCUT2D eigenvalue weighted by molar-refractivity contribution is -0.113. The maximum absolute atomic E-state index is 11.5. The zero-order chi connectivity index (χ0) is 13.5. The molecule has 0 radical (unpaired) electrons. The van der Waals surface area contributed by atoms with Crippen molar-refractivity contribution in [2.24, 2.45) is 0 Å². The van der Waals surface area contributed by atoms with Crippen molar-refractivity contribution in [3.8, 4) is 6.07 Å². The average Bonchev–Trinajstić information content (AvgIpc) is 2.29. The summed E-state index contributed by atoms with van der Waals surface area (Å²) >= 11 is 6.88. The van der Waals surface area contributed by atoms with Crippen LogP contribution in [0.4, 0.5) is 5.69 Å². The van der Waals surface area contributed by atoms with E-state index in [0.717, 1.165) is 11.8 Å². The number of hydrogen-bond donors (Lipinski definition) is 2. The van der Waals surface area contributed by atoms with Crippen LogP contribution in [0.2, 0.25) is 5.02 Å². The van der Waals surface area contributed by atoms with Crippen molar-refractivity contribution < 1.29 is 14.7 Å². The summed E-state index contributed by atoms with van der Waals surface area (Å²) in [6, 6.07) is 6.02. The van der Waals surface area contributed by atoms with E-state index in [-0.39, 0.29) is 28.7 Å². The van der Waals surface area contributed by atoms with Crippen molar-refractivity contribution in [1.82, 2.24) is 0 Å². The lowest BCUT2D eigenvalue weighted by Gasteiger charge is -2.08. The number of anilines is 1. The van der Waals surface area contributed by atoms with Gasteiger partial charge in [0.05, 0.1) is 28.8 Å². The summed E-state index contributed by atoms with van der Waals surface area (Å²) in [5.41, 5.74) is 0.121. The predicted molar refractivity (Wildman–Crippen MR) is 70.0 cm³/mol. The molecule has 7 heteroatoms. The highest BCUT2D eigenvalue weighted by Crippen LogP contribution is 2.21. The van der Waals surface area contributed by atoms with Crippen LogP contribution in [0, 0.1) is 11.3 Å². The molecule has 0 saturated heterocycles. The maximum atomic E-state index is 11.5. The number of carbonyl (C=O) groups excluding carboxylic acids is 1. The number of carbonyl (C=O) groups is 2. The molecule has 1 aromatic carbocycles. The molecule has 2 N–H and O–H groups in total. The van der Waals surface area contributed by atoms with E-state index >= 15 is 0 Å². The van der Waals surface area contributed by atoms with Gasteiger partial charge < -0.3 is 10.4 Å². The third-order valence-electron chi connectivity index (χ3n) is 1.89. The minimum absolute atomic E-state index is 0.0296. The van der Waals surface area contributed by atoms with Gasteiger partial charge in [-0.25, -0.2) is 4.79 Å². The Hall–Kier alpha value is -1.71. The molecule has 0 bridgehead atoms. The van der Waals surface area contributed by atoms with Crippen LogP contribution in [0.3, 0.4) is 0 Å². The molecule has 0 aliphatic carbocycles. The van der Waals surface area contributed by atoms with Crippen LogP contribution in [-0.4, -0.2) is 28.5 Å². The molecular weight excluding hydrogens is 276 g/mol. The Morgan fingerprint density at radius 2 is 2.22 bits per heavy atom. The SMILES string of the molecule is N#CCSCC(=O)Nc1cc(Cl)ccc1C(=O)O. The van der Waals surface area contributed by atoms with Crippen LogP contribution in [0.1, 0.15) is 10.4 Å². The van der Waals surface area contributed by atoms with Crippen molar-refractivity contribution in [3.63, 3.8) is 0 Å². The van der Waals surface area contributed by atoms with Gasteiger partial charge in [0.25, 0.3) is 0 Å². The Balaban J connectivity index is 2.77. The molecule has 0 saturated carbocycles. The van der Waals surface area contributed by atoms with Gasteiger partial charge in [-0.05, 0) is 18.2 Å². The van der Waals surface area contributed by atoms with Crippen LogP contribution >= 0.6 is 23.4 Å². The second kappa shape index (κ2) is 6.89. The number of carboxylic acid groups (broad SMARTS) is 1. The highest BCUT2D eigenvalue weighted by Gasteiger charge is 2.12. The Labute approximate surface area is 113 Å². The topological polar surface area (TPSA) is 90.2 Å². The molecule has 0 fully saturated rings. The van der Waals surface area contributed by atoms with Crippen molar-refractivity contribution >= 4 is 40.9 Å². The van der Waals surface area contributed by atoms with Gasteiger partial charge in [-0.3, -0.25) is 4.79 Å². The van der Waals surface area contributed by atoms with E-state index in [0.29, 0.717) is 5.02 Å². The van der Waals surface area contributed by atoms with Crippen molar-refractivity contribution in [2.45, 2.75) is 0 Å². The van der Waals surface area contributed by atoms with Gasteiger partial charge in [0.15, 0.2) is 0 Å². The largest absolute Gasteiger partial charge is 0.478 e. The molecule has 0 spiro atoms. The molecular formula is C11H9ClN2O3S. The number of nitriles is 1. The highest BCUT2D eigenvalue weighted by atomic mass is 35.5. The van der Waals surface area contributed by atoms with Gasteiger partial charge in [0, 0.05) is 5.02 Å². The van der Waals surface area contributed by atoms with Crippen molar-refractivity contribution in [3.05, 3.63) is 28.8 Å². The molecule has 0 atom stereocenters. The lowest BCUT2D eigenvalue weighted by Crippen LogP contribution is -2.16. The summed E-state index contributed by atoms with van der Waals surface area (Å²) in [6.45, 7) is 0. The monoisotopic (exact) mass is 284 g/mol. The molecule has 0 unspecified atom stereocenters. The van der Waals surface area contributed by atoms with E-state index in [4.69, 9.17) is 22.0 Å². The molecule has 18 heavy (non-hydrogen) atoms. The van der Waals surface area contributed by atoms with E-state index in [1.807, 2.05) is 6.07 Å². The molecule has 0 aliphatic heterocycles. The number of nitrogens with zero attached hydrogens (tertiary/aromatic N) is 1. The van der Waals surface area contributed by atoms with Crippen LogP contribution in [0.15, 0.2) is 18.2 Å². The number of benzene rings is 1. The number of rotatable bonds is 5. The van der Waals surface area contributed by atoms with Gasteiger partial charge in [-0.1, -0.05) is 11.6 Å². The fourth-order valence-electron chi connectivity index (χ4n) is 1.18. The summed E-state index contributed by atoms with van der Waals surface area (Å²) in [4.78, 5) is 22.4. The van der Waals surface area contributed by atoms with E-state index < -0.39 is 5.97 Å². The quantitative estimate of drug-likeness (QED) is 0.809. The predicted octanol–water partition coefficient (Wildman–Crippen LogP) is 2.23. The fourth-order valence-corrected chi connectivity index (χ4v) is 1.81. The normalized spacial score (nSPS) is 9.56. The molecule has 5 nitrogen and oxygen atoms in total. The second-order valence-electron chi connectivity index (χ2n) is 3.19.